The van der Waals surface area contributed by atoms with Crippen molar-refractivity contribution in [2.24, 2.45) is 11.8 Å². The van der Waals surface area contributed by atoms with E-state index in [4.69, 9.17) is 5.11 Å². The van der Waals surface area contributed by atoms with Crippen LogP contribution in [0, 0.1) is 11.8 Å². The van der Waals surface area contributed by atoms with Crippen molar-refractivity contribution in [3.63, 3.8) is 0 Å². The van der Waals surface area contributed by atoms with Crippen LogP contribution in [0.4, 0.5) is 0 Å². The first-order chi connectivity index (χ1) is 9.16. The van der Waals surface area contributed by atoms with Crippen molar-refractivity contribution in [3.05, 3.63) is 12.2 Å². The second kappa shape index (κ2) is 8.73. The molecule has 0 saturated heterocycles. The van der Waals surface area contributed by atoms with Crippen molar-refractivity contribution in [3.8, 4) is 0 Å². The molecule has 1 rings (SSSR count). The van der Waals surface area contributed by atoms with Crippen LogP contribution in [0.3, 0.4) is 0 Å². The number of carboxylic acids is 1. The first kappa shape index (κ1) is 15.7. The molecule has 19 heavy (non-hydrogen) atoms. The van der Waals surface area contributed by atoms with Crippen molar-refractivity contribution in [2.45, 2.75) is 51.9 Å². The molecule has 2 unspecified atom stereocenters. The second-order valence-corrected chi connectivity index (χ2v) is 5.20. The Kier molecular flexibility index (Phi) is 7.23. The van der Waals surface area contributed by atoms with Gasteiger partial charge in [0.15, 0.2) is 0 Å². The molecule has 0 aromatic heterocycles. The third-order valence-electron chi connectivity index (χ3n) is 3.67. The summed E-state index contributed by atoms with van der Waals surface area (Å²) in [5, 5.41) is 12.0. The largest absolute Gasteiger partial charge is 0.481 e. The lowest BCUT2D eigenvalue weighted by atomic mass is 9.82. The molecule has 1 aliphatic carbocycles. The number of unbranched alkanes of at least 4 members (excludes halogenated alkanes) is 4. The number of amides is 1. The third kappa shape index (κ3) is 5.45. The minimum absolute atomic E-state index is 0.104. The van der Waals surface area contributed by atoms with Crippen molar-refractivity contribution in [1.82, 2.24) is 5.32 Å². The first-order valence-corrected chi connectivity index (χ1v) is 7.32. The van der Waals surface area contributed by atoms with Crippen LogP contribution >= 0.6 is 0 Å². The zero-order chi connectivity index (χ0) is 14.1. The van der Waals surface area contributed by atoms with E-state index in [0.29, 0.717) is 19.4 Å². The number of carboxylic acid groups (broad SMARTS) is 1. The highest BCUT2D eigenvalue weighted by Gasteiger charge is 2.33. The molecule has 0 spiro atoms. The van der Waals surface area contributed by atoms with Crippen molar-refractivity contribution in [1.29, 1.82) is 0 Å². The molecule has 2 N–H and O–H groups in total. The number of hydrogen-bond acceptors (Lipinski definition) is 2. The quantitative estimate of drug-likeness (QED) is 0.525. The zero-order valence-electron chi connectivity index (χ0n) is 11.7. The average molecular weight is 267 g/mol. The molecule has 0 fully saturated rings. The molecule has 108 valence electrons. The Morgan fingerprint density at radius 2 is 1.74 bits per heavy atom. The number of aliphatic carboxylic acids is 1. The van der Waals surface area contributed by atoms with Gasteiger partial charge in [0.05, 0.1) is 11.8 Å². The maximum absolute atomic E-state index is 12.0. The highest BCUT2D eigenvalue weighted by Crippen LogP contribution is 2.25. The Hall–Kier alpha value is -1.32. The van der Waals surface area contributed by atoms with E-state index in [1.165, 1.54) is 19.3 Å². The minimum Gasteiger partial charge on any atom is -0.481 e. The number of carbonyl (C=O) groups is 2. The standard InChI is InChI=1S/C15H25NO3/c1-2-3-4-5-8-11-16-14(17)12-9-6-7-10-13(12)15(18)19/h6-7,12-13H,2-5,8-11H2,1H3,(H,16,17)(H,18,19). The molecular formula is C15H25NO3. The monoisotopic (exact) mass is 267 g/mol. The molecule has 0 aromatic carbocycles. The van der Waals surface area contributed by atoms with Gasteiger partial charge in [0.2, 0.25) is 5.91 Å². The number of rotatable bonds is 8. The van der Waals surface area contributed by atoms with Gasteiger partial charge in [0.25, 0.3) is 0 Å². The predicted molar refractivity (Wildman–Crippen MR) is 74.8 cm³/mol. The van der Waals surface area contributed by atoms with E-state index >= 15 is 0 Å². The van der Waals surface area contributed by atoms with Crippen LogP contribution in [-0.2, 0) is 9.59 Å². The van der Waals surface area contributed by atoms with Crippen LogP contribution < -0.4 is 5.32 Å². The number of nitrogens with one attached hydrogen (secondary N) is 1. The van der Waals surface area contributed by atoms with Gasteiger partial charge in [-0.05, 0) is 19.3 Å². The number of carbonyl (C=O) groups excluding carboxylic acids is 1. The maximum atomic E-state index is 12.0. The lowest BCUT2D eigenvalue weighted by Crippen LogP contribution is -2.39. The fourth-order valence-corrected chi connectivity index (χ4v) is 2.45. The van der Waals surface area contributed by atoms with Gasteiger partial charge in [0.1, 0.15) is 0 Å². The Balaban J connectivity index is 2.27. The summed E-state index contributed by atoms with van der Waals surface area (Å²) >= 11 is 0. The van der Waals surface area contributed by atoms with Crippen LogP contribution in [0.2, 0.25) is 0 Å². The van der Waals surface area contributed by atoms with Gasteiger partial charge in [-0.2, -0.15) is 0 Å². The molecule has 4 nitrogen and oxygen atoms in total. The topological polar surface area (TPSA) is 66.4 Å². The fourth-order valence-electron chi connectivity index (χ4n) is 2.45. The molecule has 1 aliphatic rings. The fraction of sp³-hybridized carbons (Fsp3) is 0.733. The molecule has 0 heterocycles. The average Bonchev–Trinajstić information content (AvgIpc) is 2.42. The van der Waals surface area contributed by atoms with E-state index in [-0.39, 0.29) is 5.91 Å². The van der Waals surface area contributed by atoms with Crippen molar-refractivity contribution < 1.29 is 14.7 Å². The number of allylic oxidation sites excluding steroid dienone is 2. The summed E-state index contributed by atoms with van der Waals surface area (Å²) in [6.07, 6.45) is 10.5. The molecule has 0 radical (unpaired) electrons. The Labute approximate surface area is 115 Å². The molecular weight excluding hydrogens is 242 g/mol. The summed E-state index contributed by atoms with van der Waals surface area (Å²) in [4.78, 5) is 23.1. The van der Waals surface area contributed by atoms with Crippen LogP contribution in [0.1, 0.15) is 51.9 Å². The first-order valence-electron chi connectivity index (χ1n) is 7.32. The molecule has 0 bridgehead atoms. The minimum atomic E-state index is -0.868. The van der Waals surface area contributed by atoms with Crippen LogP contribution in [0.5, 0.6) is 0 Å². The summed E-state index contributed by atoms with van der Waals surface area (Å²) in [5.74, 6) is -1.94. The predicted octanol–water partition coefficient (Wildman–Crippen LogP) is 2.74. The van der Waals surface area contributed by atoms with E-state index in [2.05, 4.69) is 12.2 Å². The van der Waals surface area contributed by atoms with Gasteiger partial charge in [-0.1, -0.05) is 44.8 Å². The Morgan fingerprint density at radius 3 is 2.37 bits per heavy atom. The van der Waals surface area contributed by atoms with E-state index in [9.17, 15) is 9.59 Å². The molecule has 0 aromatic rings. The number of hydrogen-bond donors (Lipinski definition) is 2. The van der Waals surface area contributed by atoms with Crippen molar-refractivity contribution in [2.75, 3.05) is 6.54 Å². The van der Waals surface area contributed by atoms with Gasteiger partial charge in [-0.3, -0.25) is 9.59 Å². The maximum Gasteiger partial charge on any atom is 0.307 e. The lowest BCUT2D eigenvalue weighted by Gasteiger charge is -2.24. The lowest BCUT2D eigenvalue weighted by molar-refractivity contribution is -0.147. The van der Waals surface area contributed by atoms with E-state index in [0.717, 1.165) is 12.8 Å². The summed E-state index contributed by atoms with van der Waals surface area (Å²) in [7, 11) is 0. The molecule has 0 saturated carbocycles. The van der Waals surface area contributed by atoms with Gasteiger partial charge < -0.3 is 10.4 Å². The highest BCUT2D eigenvalue weighted by atomic mass is 16.4. The highest BCUT2D eigenvalue weighted by molar-refractivity contribution is 5.85. The zero-order valence-corrected chi connectivity index (χ0v) is 11.7. The normalized spacial score (nSPS) is 22.2. The molecule has 2 atom stereocenters. The summed E-state index contributed by atoms with van der Waals surface area (Å²) in [6, 6.07) is 0. The van der Waals surface area contributed by atoms with E-state index < -0.39 is 17.8 Å². The smallest absolute Gasteiger partial charge is 0.307 e. The molecule has 0 aliphatic heterocycles. The SMILES string of the molecule is CCCCCCCNC(=O)C1CC=CCC1C(=O)O. The Morgan fingerprint density at radius 1 is 1.11 bits per heavy atom. The van der Waals surface area contributed by atoms with Gasteiger partial charge >= 0.3 is 5.97 Å². The van der Waals surface area contributed by atoms with Crippen molar-refractivity contribution >= 4 is 11.9 Å². The summed E-state index contributed by atoms with van der Waals surface area (Å²) in [5.41, 5.74) is 0. The molecule has 4 heteroatoms. The summed E-state index contributed by atoms with van der Waals surface area (Å²) < 4.78 is 0. The van der Waals surface area contributed by atoms with Crippen LogP contribution in [-0.4, -0.2) is 23.5 Å². The molecule has 1 amide bonds. The van der Waals surface area contributed by atoms with E-state index in [1.54, 1.807) is 0 Å². The van der Waals surface area contributed by atoms with Gasteiger partial charge in [-0.15, -0.1) is 0 Å². The van der Waals surface area contributed by atoms with Gasteiger partial charge in [0, 0.05) is 6.54 Å². The van der Waals surface area contributed by atoms with Crippen LogP contribution in [0.15, 0.2) is 12.2 Å². The second-order valence-electron chi connectivity index (χ2n) is 5.20. The van der Waals surface area contributed by atoms with Crippen LogP contribution in [0.25, 0.3) is 0 Å². The van der Waals surface area contributed by atoms with Gasteiger partial charge in [-0.25, -0.2) is 0 Å². The summed E-state index contributed by atoms with van der Waals surface area (Å²) in [6.45, 7) is 2.83. The Bertz CT molecular complexity index is 325. The van der Waals surface area contributed by atoms with E-state index in [1.807, 2.05) is 12.2 Å². The third-order valence-corrected chi connectivity index (χ3v) is 3.67.